The van der Waals surface area contributed by atoms with E-state index in [1.165, 1.54) is 12.1 Å². The molecule has 0 bridgehead atoms. The van der Waals surface area contributed by atoms with Crippen molar-refractivity contribution in [3.8, 4) is 0 Å². The summed E-state index contributed by atoms with van der Waals surface area (Å²) in [4.78, 5) is 83.0. The van der Waals surface area contributed by atoms with Crippen molar-refractivity contribution in [3.63, 3.8) is 0 Å². The Balaban J connectivity index is 1.08. The quantitative estimate of drug-likeness (QED) is 0.230. The third-order valence-corrected chi connectivity index (χ3v) is 11.8. The van der Waals surface area contributed by atoms with Crippen molar-refractivity contribution >= 4 is 34.7 Å². The van der Waals surface area contributed by atoms with E-state index in [2.05, 4.69) is 0 Å². The topological polar surface area (TPSA) is 129 Å². The molecule has 2 aromatic carbocycles. The molecule has 0 spiro atoms. The molecule has 0 amide bonds. The molecule has 10 rings (SSSR count). The highest BCUT2D eigenvalue weighted by Crippen LogP contribution is 2.52. The van der Waals surface area contributed by atoms with Crippen molar-refractivity contribution in [3.05, 3.63) is 138 Å². The average molecular weight is 635 g/mol. The van der Waals surface area contributed by atoms with Crippen LogP contribution in [-0.4, -0.2) is 34.7 Å². The molecule has 6 aliphatic rings. The number of hydrogen-bond acceptors (Lipinski definition) is 8. The minimum absolute atomic E-state index is 0.0111. The fraction of sp³-hybridized carbons (Fsp3) is 0.250. The third-order valence-electron chi connectivity index (χ3n) is 11.8. The smallest absolute Gasteiger partial charge is 0.228 e. The van der Waals surface area contributed by atoms with E-state index < -0.39 is 34.0 Å². The molecule has 0 fully saturated rings. The molecule has 0 aliphatic heterocycles. The molecule has 4 aromatic rings. The lowest BCUT2D eigenvalue weighted by Gasteiger charge is -2.39. The molecule has 2 heterocycles. The summed E-state index contributed by atoms with van der Waals surface area (Å²) in [5.41, 5.74) is 4.42. The van der Waals surface area contributed by atoms with Crippen LogP contribution in [0.15, 0.2) is 68.9 Å². The Hall–Kier alpha value is -5.50. The van der Waals surface area contributed by atoms with Crippen LogP contribution in [0.1, 0.15) is 147 Å². The number of fused-ring (bicyclic) bond motifs is 6. The molecule has 234 valence electrons. The highest BCUT2D eigenvalue weighted by molar-refractivity contribution is 6.35. The van der Waals surface area contributed by atoms with E-state index in [1.54, 1.807) is 24.7 Å². The maximum absolute atomic E-state index is 14.2. The molecule has 48 heavy (non-hydrogen) atoms. The molecule has 6 aliphatic carbocycles. The molecule has 8 nitrogen and oxygen atoms in total. The summed E-state index contributed by atoms with van der Waals surface area (Å²) < 4.78 is 11.5. The van der Waals surface area contributed by atoms with Crippen LogP contribution >= 0.6 is 0 Å². The maximum atomic E-state index is 14.2. The number of carbonyl (C=O) groups excluding carboxylic acids is 6. The number of hydrogen-bond donors (Lipinski definition) is 0. The molecule has 2 atom stereocenters. The van der Waals surface area contributed by atoms with Crippen LogP contribution in [-0.2, 0) is 23.7 Å². The van der Waals surface area contributed by atoms with Crippen molar-refractivity contribution in [2.75, 3.05) is 0 Å². The Labute approximate surface area is 273 Å². The van der Waals surface area contributed by atoms with Crippen LogP contribution < -0.4 is 0 Å². The predicted molar refractivity (Wildman–Crippen MR) is 169 cm³/mol. The maximum Gasteiger partial charge on any atom is 0.228 e. The number of benzene rings is 2. The molecule has 2 aromatic heterocycles. The van der Waals surface area contributed by atoms with Crippen molar-refractivity contribution in [1.82, 2.24) is 0 Å². The second kappa shape index (κ2) is 8.69. The minimum atomic E-state index is -0.615. The second-order valence-corrected chi connectivity index (χ2v) is 14.3. The molecule has 0 radical (unpaired) electrons. The van der Waals surface area contributed by atoms with Crippen LogP contribution in [0.3, 0.4) is 0 Å². The summed E-state index contributed by atoms with van der Waals surface area (Å²) in [6.07, 6.45) is 10.3. The Morgan fingerprint density at radius 1 is 0.521 bits per heavy atom. The molecule has 8 heteroatoms. The summed E-state index contributed by atoms with van der Waals surface area (Å²) in [5, 5.41) is 0. The van der Waals surface area contributed by atoms with Crippen molar-refractivity contribution in [2.24, 2.45) is 0 Å². The van der Waals surface area contributed by atoms with Crippen molar-refractivity contribution in [2.45, 2.75) is 63.2 Å². The molecular weight excluding hydrogens is 608 g/mol. The van der Waals surface area contributed by atoms with Gasteiger partial charge in [0.05, 0.1) is 12.5 Å². The van der Waals surface area contributed by atoms with Crippen molar-refractivity contribution < 1.29 is 37.6 Å². The van der Waals surface area contributed by atoms with Crippen LogP contribution in [0.5, 0.6) is 0 Å². The fourth-order valence-electron chi connectivity index (χ4n) is 9.51. The standard InChI is InChI=1S/C40H26O8/c1-39-7-3-5-17-15-48-38(31(17)39)36(46)26-10-21-20(11-27(26)39)30(42)14-23(33(21)43)24-13-29(41)19-9-25-28(12-22(19)34(24)44)40(2)8-4-6-18-16-47-37(32(18)40)35(25)45/h9-16H,3-8H2,1-2H3/t39-,40-/m0/s1. The third kappa shape index (κ3) is 3.11. The number of rotatable bonds is 1. The first kappa shape index (κ1) is 27.6. The van der Waals surface area contributed by atoms with E-state index in [9.17, 15) is 28.8 Å². The van der Waals surface area contributed by atoms with Gasteiger partial charge in [-0.1, -0.05) is 13.8 Å². The van der Waals surface area contributed by atoms with Gasteiger partial charge in [-0.05, 0) is 97.2 Å². The fourth-order valence-corrected chi connectivity index (χ4v) is 9.51. The number of carbonyl (C=O) groups is 6. The molecular formula is C40H26O8. The summed E-state index contributed by atoms with van der Waals surface area (Å²) in [7, 11) is 0. The van der Waals surface area contributed by atoms with Crippen LogP contribution in [0.25, 0.3) is 0 Å². The van der Waals surface area contributed by atoms with Crippen molar-refractivity contribution in [1.29, 1.82) is 0 Å². The van der Waals surface area contributed by atoms with Gasteiger partial charge in [0.25, 0.3) is 0 Å². The van der Waals surface area contributed by atoms with Gasteiger partial charge in [0.1, 0.15) is 0 Å². The number of Topliss-reactive ketones (excluding diaryl/α,β-unsaturated/α-hetero) is 2. The predicted octanol–water partition coefficient (Wildman–Crippen LogP) is 6.56. The van der Waals surface area contributed by atoms with E-state index in [4.69, 9.17) is 8.83 Å². The zero-order chi connectivity index (χ0) is 33.0. The number of ketones is 6. The Morgan fingerprint density at radius 2 is 0.938 bits per heavy atom. The number of aryl methyl sites for hydroxylation is 2. The Kier molecular flexibility index (Phi) is 5.00. The summed E-state index contributed by atoms with van der Waals surface area (Å²) in [5.74, 6) is -2.35. The van der Waals surface area contributed by atoms with Gasteiger partial charge in [-0.2, -0.15) is 0 Å². The first-order valence-corrected chi connectivity index (χ1v) is 16.3. The van der Waals surface area contributed by atoms with Crippen LogP contribution in [0, 0.1) is 0 Å². The Bertz CT molecular complexity index is 2440. The Morgan fingerprint density at radius 3 is 1.44 bits per heavy atom. The summed E-state index contributed by atoms with van der Waals surface area (Å²) >= 11 is 0. The van der Waals surface area contributed by atoms with Gasteiger partial charge in [0.15, 0.2) is 34.7 Å². The van der Waals surface area contributed by atoms with Crippen LogP contribution in [0.4, 0.5) is 0 Å². The zero-order valence-electron chi connectivity index (χ0n) is 26.1. The van der Waals surface area contributed by atoms with Gasteiger partial charge in [-0.15, -0.1) is 0 Å². The molecule has 0 N–H and O–H groups in total. The van der Waals surface area contributed by atoms with E-state index in [-0.39, 0.29) is 56.5 Å². The summed E-state index contributed by atoms with van der Waals surface area (Å²) in [6, 6.07) is 6.21. The van der Waals surface area contributed by atoms with Gasteiger partial charge in [-0.3, -0.25) is 28.8 Å². The highest BCUT2D eigenvalue weighted by Gasteiger charge is 2.49. The van der Waals surface area contributed by atoms with Gasteiger partial charge in [-0.25, -0.2) is 0 Å². The highest BCUT2D eigenvalue weighted by atomic mass is 16.3. The first-order chi connectivity index (χ1) is 23.0. The number of furan rings is 2. The molecule has 0 saturated heterocycles. The lowest BCUT2D eigenvalue weighted by Crippen LogP contribution is -2.37. The van der Waals surface area contributed by atoms with E-state index in [0.29, 0.717) is 22.3 Å². The largest absolute Gasteiger partial charge is 0.460 e. The second-order valence-electron chi connectivity index (χ2n) is 14.3. The average Bonchev–Trinajstić information content (AvgIpc) is 3.73. The lowest BCUT2D eigenvalue weighted by atomic mass is 9.62. The lowest BCUT2D eigenvalue weighted by molar-refractivity contribution is 0.0960. The van der Waals surface area contributed by atoms with Gasteiger partial charge in [0.2, 0.25) is 11.6 Å². The van der Waals surface area contributed by atoms with Gasteiger partial charge in [0, 0.05) is 66.5 Å². The van der Waals surface area contributed by atoms with Gasteiger partial charge >= 0.3 is 0 Å². The van der Waals surface area contributed by atoms with Gasteiger partial charge < -0.3 is 8.83 Å². The van der Waals surface area contributed by atoms with E-state index >= 15 is 0 Å². The van der Waals surface area contributed by atoms with Crippen LogP contribution in [0.2, 0.25) is 0 Å². The molecule has 0 saturated carbocycles. The normalized spacial score (nSPS) is 24.6. The minimum Gasteiger partial charge on any atom is -0.460 e. The SMILES string of the molecule is C[C@@]12CCCc3coc(c31)C(=O)c1cc3c(cc12)C(=O)C=C(C1=CC(=O)c2cc4c(cc2C1=O)[C@]1(C)CCCc2coc(c21)C4=O)C3=O. The molecule has 0 unspecified atom stereocenters. The van der Waals surface area contributed by atoms with E-state index in [1.807, 2.05) is 13.8 Å². The monoisotopic (exact) mass is 634 g/mol. The zero-order valence-corrected chi connectivity index (χ0v) is 26.1. The summed E-state index contributed by atoms with van der Waals surface area (Å²) in [6.45, 7) is 4.07. The number of allylic oxidation sites excluding steroid dienone is 4. The first-order valence-electron chi connectivity index (χ1n) is 16.3. The van der Waals surface area contributed by atoms with E-state index in [0.717, 1.165) is 72.9 Å².